The first kappa shape index (κ1) is 18.7. The van der Waals surface area contributed by atoms with Crippen LogP contribution in [0.2, 0.25) is 0 Å². The lowest BCUT2D eigenvalue weighted by Crippen LogP contribution is -2.47. The van der Waals surface area contributed by atoms with Gasteiger partial charge in [0.25, 0.3) is 0 Å². The molecule has 2 heterocycles. The van der Waals surface area contributed by atoms with Crippen LogP contribution in [0.5, 0.6) is 0 Å². The molecule has 2 aromatic carbocycles. The van der Waals surface area contributed by atoms with Gasteiger partial charge in [-0.25, -0.2) is 0 Å². The minimum absolute atomic E-state index is 0.0505. The average molecular weight is 377 g/mol. The minimum atomic E-state index is 0.0505. The third kappa shape index (κ3) is 4.80. The first-order valence-electron chi connectivity index (χ1n) is 9.97. The number of nitrogens with one attached hydrogen (secondary N) is 2. The number of morpholine rings is 1. The van der Waals surface area contributed by atoms with Crippen molar-refractivity contribution >= 4 is 16.8 Å². The predicted molar refractivity (Wildman–Crippen MR) is 111 cm³/mol. The fraction of sp³-hybridized carbons (Fsp3) is 0.348. The smallest absolute Gasteiger partial charge is 0.220 e. The molecule has 1 aliphatic rings. The number of hydrogen-bond donors (Lipinski definition) is 2. The zero-order chi connectivity index (χ0) is 19.2. The molecule has 4 rings (SSSR count). The number of hydrogen-bond acceptors (Lipinski definition) is 3. The second-order valence-corrected chi connectivity index (χ2v) is 7.38. The summed E-state index contributed by atoms with van der Waals surface area (Å²) in [7, 11) is 0. The Bertz CT molecular complexity index is 906. The van der Waals surface area contributed by atoms with Crippen molar-refractivity contribution in [1.29, 1.82) is 0 Å². The van der Waals surface area contributed by atoms with Crippen LogP contribution in [-0.2, 0) is 22.5 Å². The SMILES string of the molecule is O=C(CCc1c[nH]c2ccccc12)NCC1CN(Cc2ccccc2)CCO1. The number of H-pyrrole nitrogens is 1. The van der Waals surface area contributed by atoms with Crippen molar-refractivity contribution in [1.82, 2.24) is 15.2 Å². The van der Waals surface area contributed by atoms with Gasteiger partial charge < -0.3 is 15.0 Å². The van der Waals surface area contributed by atoms with Gasteiger partial charge in [0.05, 0.1) is 12.7 Å². The van der Waals surface area contributed by atoms with Crippen LogP contribution in [-0.4, -0.2) is 48.1 Å². The minimum Gasteiger partial charge on any atom is -0.374 e. The summed E-state index contributed by atoms with van der Waals surface area (Å²) in [4.78, 5) is 18.0. The van der Waals surface area contributed by atoms with Crippen LogP contribution in [0.1, 0.15) is 17.5 Å². The molecular formula is C23H27N3O2. The van der Waals surface area contributed by atoms with E-state index in [1.165, 1.54) is 16.5 Å². The lowest BCUT2D eigenvalue weighted by molar-refractivity contribution is -0.122. The maximum Gasteiger partial charge on any atom is 0.220 e. The number of rotatable bonds is 7. The summed E-state index contributed by atoms with van der Waals surface area (Å²) in [6, 6.07) is 18.7. The van der Waals surface area contributed by atoms with E-state index in [4.69, 9.17) is 4.74 Å². The van der Waals surface area contributed by atoms with Crippen molar-refractivity contribution in [2.24, 2.45) is 0 Å². The molecule has 1 unspecified atom stereocenters. The topological polar surface area (TPSA) is 57.4 Å². The average Bonchev–Trinajstić information content (AvgIpc) is 3.15. The number of carbonyl (C=O) groups excluding carboxylic acids is 1. The zero-order valence-corrected chi connectivity index (χ0v) is 16.1. The lowest BCUT2D eigenvalue weighted by atomic mass is 10.1. The van der Waals surface area contributed by atoms with Gasteiger partial charge in [-0.15, -0.1) is 0 Å². The Balaban J connectivity index is 1.22. The highest BCUT2D eigenvalue weighted by Crippen LogP contribution is 2.19. The Kier molecular flexibility index (Phi) is 6.04. The summed E-state index contributed by atoms with van der Waals surface area (Å²) in [5.74, 6) is 0.0778. The van der Waals surface area contributed by atoms with Crippen molar-refractivity contribution in [3.63, 3.8) is 0 Å². The van der Waals surface area contributed by atoms with Crippen molar-refractivity contribution in [2.75, 3.05) is 26.2 Å². The van der Waals surface area contributed by atoms with E-state index >= 15 is 0 Å². The summed E-state index contributed by atoms with van der Waals surface area (Å²) >= 11 is 0. The Morgan fingerprint density at radius 3 is 2.86 bits per heavy atom. The quantitative estimate of drug-likeness (QED) is 0.665. The molecule has 1 atom stereocenters. The highest BCUT2D eigenvalue weighted by Gasteiger charge is 2.21. The molecule has 0 spiro atoms. The highest BCUT2D eigenvalue weighted by molar-refractivity contribution is 5.84. The van der Waals surface area contributed by atoms with E-state index in [1.807, 2.05) is 24.4 Å². The fourth-order valence-electron chi connectivity index (χ4n) is 3.79. The van der Waals surface area contributed by atoms with E-state index in [1.54, 1.807) is 0 Å². The normalized spacial score (nSPS) is 17.6. The number of benzene rings is 2. The second kappa shape index (κ2) is 9.04. The molecule has 2 N–H and O–H groups in total. The molecule has 0 radical (unpaired) electrons. The number of carbonyl (C=O) groups is 1. The van der Waals surface area contributed by atoms with E-state index in [9.17, 15) is 4.79 Å². The first-order chi connectivity index (χ1) is 13.8. The number of nitrogens with zero attached hydrogens (tertiary/aromatic N) is 1. The number of fused-ring (bicyclic) bond motifs is 1. The first-order valence-corrected chi connectivity index (χ1v) is 9.97. The molecular weight excluding hydrogens is 350 g/mol. The Hall–Kier alpha value is -2.63. The van der Waals surface area contributed by atoms with Gasteiger partial charge in [-0.3, -0.25) is 9.69 Å². The number of aromatic amines is 1. The summed E-state index contributed by atoms with van der Waals surface area (Å²) in [5.41, 5.74) is 3.62. The second-order valence-electron chi connectivity index (χ2n) is 7.38. The third-order valence-electron chi connectivity index (χ3n) is 5.30. The number of aryl methyl sites for hydroxylation is 1. The fourth-order valence-corrected chi connectivity index (χ4v) is 3.79. The molecule has 3 aromatic rings. The number of ether oxygens (including phenoxy) is 1. The van der Waals surface area contributed by atoms with Crippen molar-refractivity contribution in [3.05, 3.63) is 71.9 Å². The summed E-state index contributed by atoms with van der Waals surface area (Å²) in [6.45, 7) is 3.98. The van der Waals surface area contributed by atoms with Crippen LogP contribution in [0, 0.1) is 0 Å². The number of amides is 1. The lowest BCUT2D eigenvalue weighted by Gasteiger charge is -2.33. The van der Waals surface area contributed by atoms with Crippen molar-refractivity contribution in [2.45, 2.75) is 25.5 Å². The maximum atomic E-state index is 12.3. The molecule has 1 aromatic heterocycles. The molecule has 5 nitrogen and oxygen atoms in total. The molecule has 1 saturated heterocycles. The number of para-hydroxylation sites is 1. The molecule has 1 fully saturated rings. The van der Waals surface area contributed by atoms with Crippen LogP contribution < -0.4 is 5.32 Å². The molecule has 0 bridgehead atoms. The standard InChI is InChI=1S/C23H27N3O2/c27-23(11-10-19-14-24-22-9-5-4-8-21(19)22)25-15-20-17-26(12-13-28-20)16-18-6-2-1-3-7-18/h1-9,14,20,24H,10-13,15-17H2,(H,25,27). The van der Waals surface area contributed by atoms with Crippen molar-refractivity contribution < 1.29 is 9.53 Å². The highest BCUT2D eigenvalue weighted by atomic mass is 16.5. The van der Waals surface area contributed by atoms with Crippen molar-refractivity contribution in [3.8, 4) is 0 Å². The Morgan fingerprint density at radius 1 is 1.14 bits per heavy atom. The zero-order valence-electron chi connectivity index (χ0n) is 16.1. The van der Waals surface area contributed by atoms with Gasteiger partial charge in [-0.2, -0.15) is 0 Å². The third-order valence-corrected chi connectivity index (χ3v) is 5.30. The molecule has 0 saturated carbocycles. The van der Waals surface area contributed by atoms with E-state index in [2.05, 4.69) is 51.6 Å². The molecule has 1 aliphatic heterocycles. The van der Waals surface area contributed by atoms with E-state index in [0.29, 0.717) is 19.6 Å². The molecule has 28 heavy (non-hydrogen) atoms. The van der Waals surface area contributed by atoms with Crippen LogP contribution in [0.3, 0.4) is 0 Å². The van der Waals surface area contributed by atoms with Crippen LogP contribution in [0.15, 0.2) is 60.8 Å². The van der Waals surface area contributed by atoms with Gasteiger partial charge >= 0.3 is 0 Å². The Labute approximate surface area is 165 Å². The van der Waals surface area contributed by atoms with Crippen LogP contribution in [0.25, 0.3) is 10.9 Å². The van der Waals surface area contributed by atoms with Crippen LogP contribution in [0.4, 0.5) is 0 Å². The molecule has 1 amide bonds. The summed E-state index contributed by atoms with van der Waals surface area (Å²) in [6.07, 6.45) is 3.28. The van der Waals surface area contributed by atoms with Crippen LogP contribution >= 0.6 is 0 Å². The van der Waals surface area contributed by atoms with E-state index in [0.717, 1.165) is 31.6 Å². The maximum absolute atomic E-state index is 12.3. The molecule has 0 aliphatic carbocycles. The summed E-state index contributed by atoms with van der Waals surface area (Å²) < 4.78 is 5.84. The van der Waals surface area contributed by atoms with Gasteiger partial charge in [0.15, 0.2) is 0 Å². The van der Waals surface area contributed by atoms with Gasteiger partial charge in [-0.05, 0) is 23.6 Å². The van der Waals surface area contributed by atoms with E-state index < -0.39 is 0 Å². The Morgan fingerprint density at radius 2 is 1.96 bits per heavy atom. The monoisotopic (exact) mass is 377 g/mol. The van der Waals surface area contributed by atoms with Gasteiger partial charge in [-0.1, -0.05) is 48.5 Å². The van der Waals surface area contributed by atoms with Gasteiger partial charge in [0, 0.05) is 49.7 Å². The number of aromatic nitrogens is 1. The molecule has 146 valence electrons. The van der Waals surface area contributed by atoms with Gasteiger partial charge in [0.1, 0.15) is 0 Å². The van der Waals surface area contributed by atoms with E-state index in [-0.39, 0.29) is 12.0 Å². The van der Waals surface area contributed by atoms with Gasteiger partial charge in [0.2, 0.25) is 5.91 Å². The largest absolute Gasteiger partial charge is 0.374 e. The summed E-state index contributed by atoms with van der Waals surface area (Å²) in [5, 5.41) is 4.24. The predicted octanol–water partition coefficient (Wildman–Crippen LogP) is 3.12. The molecule has 5 heteroatoms.